The molecule has 0 heterocycles. The van der Waals surface area contributed by atoms with Gasteiger partial charge in [-0.15, -0.1) is 0 Å². The number of hydrogen-bond donors (Lipinski definition) is 2. The van der Waals surface area contributed by atoms with Crippen molar-refractivity contribution in [2.75, 3.05) is 12.4 Å². The summed E-state index contributed by atoms with van der Waals surface area (Å²) in [5.41, 5.74) is 12.0. The van der Waals surface area contributed by atoms with Gasteiger partial charge in [-0.2, -0.15) is 0 Å². The van der Waals surface area contributed by atoms with Crippen LogP contribution >= 0.6 is 0 Å². The van der Waals surface area contributed by atoms with Crippen molar-refractivity contribution in [1.29, 1.82) is 0 Å². The van der Waals surface area contributed by atoms with Crippen molar-refractivity contribution >= 4 is 11.6 Å². The molecule has 0 saturated heterocycles. The summed E-state index contributed by atoms with van der Waals surface area (Å²) in [5.74, 6) is 0.447. The van der Waals surface area contributed by atoms with Crippen LogP contribution in [0.4, 0.5) is 5.69 Å². The Labute approximate surface area is 144 Å². The topological polar surface area (TPSA) is 59.6 Å². The van der Waals surface area contributed by atoms with Crippen LogP contribution < -0.4 is 11.1 Å². The number of rotatable bonds is 7. The number of ether oxygens (including phenoxy) is 1. The maximum atomic E-state index is 6.11. The molecule has 2 aromatic rings. The van der Waals surface area contributed by atoms with Gasteiger partial charge in [-0.05, 0) is 35.1 Å². The number of nitrogens with one attached hydrogen (secondary N) is 1. The van der Waals surface area contributed by atoms with E-state index in [4.69, 9.17) is 10.5 Å². The molecule has 0 aliphatic heterocycles. The van der Waals surface area contributed by atoms with Crippen LogP contribution in [-0.4, -0.2) is 13.1 Å². The van der Waals surface area contributed by atoms with Gasteiger partial charge >= 0.3 is 0 Å². The Morgan fingerprint density at radius 3 is 2.29 bits per heavy atom. The van der Waals surface area contributed by atoms with Gasteiger partial charge in [0.15, 0.2) is 5.96 Å². The third-order valence-corrected chi connectivity index (χ3v) is 3.99. The molecule has 128 valence electrons. The highest BCUT2D eigenvalue weighted by atomic mass is 16.5. The molecule has 4 nitrogen and oxygen atoms in total. The predicted octanol–water partition coefficient (Wildman–Crippen LogP) is 3.88. The molecule has 0 fully saturated rings. The van der Waals surface area contributed by atoms with Gasteiger partial charge in [-0.1, -0.05) is 56.3 Å². The zero-order valence-corrected chi connectivity index (χ0v) is 14.8. The number of nitrogens with two attached hydrogens (primary N) is 1. The summed E-state index contributed by atoms with van der Waals surface area (Å²) < 4.78 is 5.17. The van der Waals surface area contributed by atoms with Crippen LogP contribution in [0.15, 0.2) is 47.5 Å². The fourth-order valence-corrected chi connectivity index (χ4v) is 2.73. The van der Waals surface area contributed by atoms with Gasteiger partial charge in [0.05, 0.1) is 13.2 Å². The van der Waals surface area contributed by atoms with Crippen LogP contribution in [0.2, 0.25) is 0 Å². The van der Waals surface area contributed by atoms with Crippen molar-refractivity contribution in [2.45, 2.75) is 39.8 Å². The molecule has 0 radical (unpaired) electrons. The molecule has 0 unspecified atom stereocenters. The second kappa shape index (κ2) is 9.08. The van der Waals surface area contributed by atoms with E-state index in [-0.39, 0.29) is 0 Å². The molecule has 3 N–H and O–H groups in total. The molecule has 0 bridgehead atoms. The molecule has 2 aromatic carbocycles. The first-order valence-corrected chi connectivity index (χ1v) is 8.42. The fraction of sp³-hybridized carbons (Fsp3) is 0.350. The van der Waals surface area contributed by atoms with Crippen molar-refractivity contribution in [3.63, 3.8) is 0 Å². The number of aliphatic imine (C=N–C) groups is 1. The van der Waals surface area contributed by atoms with Crippen LogP contribution in [-0.2, 0) is 30.7 Å². The number of hydrogen-bond acceptors (Lipinski definition) is 2. The van der Waals surface area contributed by atoms with E-state index >= 15 is 0 Å². The highest BCUT2D eigenvalue weighted by molar-refractivity contribution is 5.93. The summed E-state index contributed by atoms with van der Waals surface area (Å²) in [5, 5.41) is 3.29. The van der Waals surface area contributed by atoms with Crippen LogP contribution in [0.25, 0.3) is 0 Å². The van der Waals surface area contributed by atoms with E-state index in [2.05, 4.69) is 48.4 Å². The van der Waals surface area contributed by atoms with Gasteiger partial charge in [0.1, 0.15) is 0 Å². The van der Waals surface area contributed by atoms with E-state index in [0.717, 1.165) is 29.7 Å². The summed E-state index contributed by atoms with van der Waals surface area (Å²) in [6.45, 7) is 5.45. The lowest BCUT2D eigenvalue weighted by atomic mass is 10.0. The second-order valence-electron chi connectivity index (χ2n) is 5.74. The number of guanidine groups is 1. The molecule has 24 heavy (non-hydrogen) atoms. The predicted molar refractivity (Wildman–Crippen MR) is 101 cm³/mol. The Balaban J connectivity index is 2.11. The first-order chi connectivity index (χ1) is 11.7. The normalized spacial score (nSPS) is 11.5. The molecule has 0 spiro atoms. The van der Waals surface area contributed by atoms with Crippen LogP contribution in [0.5, 0.6) is 0 Å². The smallest absolute Gasteiger partial charge is 0.193 e. The number of nitrogens with zero attached hydrogens (tertiary/aromatic N) is 1. The van der Waals surface area contributed by atoms with Gasteiger partial charge in [0.25, 0.3) is 0 Å². The van der Waals surface area contributed by atoms with Crippen molar-refractivity contribution in [1.82, 2.24) is 0 Å². The Hall–Kier alpha value is -2.33. The third kappa shape index (κ3) is 4.83. The zero-order valence-electron chi connectivity index (χ0n) is 14.8. The van der Waals surface area contributed by atoms with Gasteiger partial charge in [0.2, 0.25) is 0 Å². The molecule has 0 amide bonds. The van der Waals surface area contributed by atoms with Crippen LogP contribution in [0.3, 0.4) is 0 Å². The van der Waals surface area contributed by atoms with Crippen molar-refractivity contribution in [2.24, 2.45) is 10.7 Å². The average Bonchev–Trinajstić information content (AvgIpc) is 2.61. The number of aryl methyl sites for hydroxylation is 2. The maximum Gasteiger partial charge on any atom is 0.193 e. The Bertz CT molecular complexity index is 673. The van der Waals surface area contributed by atoms with Gasteiger partial charge < -0.3 is 15.8 Å². The standard InChI is InChI=1S/C20H27N3O/c1-4-17-10-7-11-18(5-2)19(17)23-20(21)22-13-15-8-6-9-16(12-15)14-24-3/h6-12H,4-5,13-14H2,1-3H3,(H3,21,22,23). The molecule has 0 aromatic heterocycles. The minimum absolute atomic E-state index is 0.447. The van der Waals surface area contributed by atoms with Crippen molar-refractivity contribution < 1.29 is 4.74 Å². The van der Waals surface area contributed by atoms with Gasteiger partial charge in [0, 0.05) is 12.8 Å². The monoisotopic (exact) mass is 325 g/mol. The lowest BCUT2D eigenvalue weighted by molar-refractivity contribution is 0.185. The molecule has 0 saturated carbocycles. The molecule has 0 atom stereocenters. The summed E-state index contributed by atoms with van der Waals surface area (Å²) >= 11 is 0. The van der Waals surface area contributed by atoms with E-state index in [1.165, 1.54) is 11.1 Å². The number of methoxy groups -OCH3 is 1. The molecule has 0 aliphatic rings. The lowest BCUT2D eigenvalue weighted by Crippen LogP contribution is -2.24. The molecular formula is C20H27N3O. The molecule has 4 heteroatoms. The van der Waals surface area contributed by atoms with Crippen molar-refractivity contribution in [3.8, 4) is 0 Å². The minimum atomic E-state index is 0.447. The van der Waals surface area contributed by atoms with E-state index < -0.39 is 0 Å². The van der Waals surface area contributed by atoms with Gasteiger partial charge in [-0.3, -0.25) is 0 Å². The molecule has 0 aliphatic carbocycles. The highest BCUT2D eigenvalue weighted by Gasteiger charge is 2.07. The highest BCUT2D eigenvalue weighted by Crippen LogP contribution is 2.22. The lowest BCUT2D eigenvalue weighted by Gasteiger charge is -2.15. The zero-order chi connectivity index (χ0) is 17.4. The number of para-hydroxylation sites is 1. The Morgan fingerprint density at radius 2 is 1.67 bits per heavy atom. The minimum Gasteiger partial charge on any atom is -0.380 e. The second-order valence-corrected chi connectivity index (χ2v) is 5.74. The quantitative estimate of drug-likeness (QED) is 0.600. The van der Waals surface area contributed by atoms with Crippen molar-refractivity contribution in [3.05, 3.63) is 64.7 Å². The SMILES string of the molecule is CCc1cccc(CC)c1NC(N)=NCc1cccc(COC)c1. The third-order valence-electron chi connectivity index (χ3n) is 3.99. The summed E-state index contributed by atoms with van der Waals surface area (Å²) in [7, 11) is 1.70. The van der Waals surface area contributed by atoms with E-state index in [1.807, 2.05) is 18.2 Å². The largest absolute Gasteiger partial charge is 0.380 e. The molecule has 2 rings (SSSR count). The Morgan fingerprint density at radius 1 is 1.04 bits per heavy atom. The fourth-order valence-electron chi connectivity index (χ4n) is 2.73. The first-order valence-electron chi connectivity index (χ1n) is 8.42. The number of anilines is 1. The first kappa shape index (κ1) is 18.0. The average molecular weight is 325 g/mol. The number of benzene rings is 2. The Kier molecular flexibility index (Phi) is 6.82. The van der Waals surface area contributed by atoms with Crippen LogP contribution in [0, 0.1) is 0 Å². The van der Waals surface area contributed by atoms with Gasteiger partial charge in [-0.25, -0.2) is 4.99 Å². The summed E-state index contributed by atoms with van der Waals surface area (Å²) in [4.78, 5) is 4.48. The molecular weight excluding hydrogens is 298 g/mol. The summed E-state index contributed by atoms with van der Waals surface area (Å²) in [6, 6.07) is 14.6. The van der Waals surface area contributed by atoms with E-state index in [1.54, 1.807) is 7.11 Å². The van der Waals surface area contributed by atoms with Crippen LogP contribution in [0.1, 0.15) is 36.1 Å². The maximum absolute atomic E-state index is 6.11. The van der Waals surface area contributed by atoms with E-state index in [9.17, 15) is 0 Å². The summed E-state index contributed by atoms with van der Waals surface area (Å²) in [6.07, 6.45) is 1.92. The van der Waals surface area contributed by atoms with E-state index in [0.29, 0.717) is 19.1 Å².